The van der Waals surface area contributed by atoms with Gasteiger partial charge in [-0.3, -0.25) is 14.9 Å². The van der Waals surface area contributed by atoms with Gasteiger partial charge in [-0.15, -0.1) is 0 Å². The van der Waals surface area contributed by atoms with Crippen molar-refractivity contribution in [3.63, 3.8) is 0 Å². The van der Waals surface area contributed by atoms with E-state index in [1.165, 1.54) is 12.3 Å². The molecule has 1 amide bonds. The molecule has 3 aromatic rings. The molecule has 1 aliphatic rings. The Morgan fingerprint density at radius 1 is 1.16 bits per heavy atom. The van der Waals surface area contributed by atoms with Gasteiger partial charge >= 0.3 is 5.97 Å². The monoisotopic (exact) mass is 542 g/mol. The number of anilines is 1. The third-order valence-electron chi connectivity index (χ3n) is 6.31. The van der Waals surface area contributed by atoms with Crippen molar-refractivity contribution in [3.8, 4) is 11.1 Å². The minimum Gasteiger partial charge on any atom is -0.480 e. The normalized spacial score (nSPS) is 16.2. The Hall–Kier alpha value is -3.69. The number of carbonyl (C=O) groups excluding carboxylic acids is 1. The van der Waals surface area contributed by atoms with Crippen LogP contribution in [0.4, 0.5) is 11.5 Å². The lowest BCUT2D eigenvalue weighted by molar-refractivity contribution is -0.385. The highest BCUT2D eigenvalue weighted by molar-refractivity contribution is 6.35. The highest BCUT2D eigenvalue weighted by Crippen LogP contribution is 2.31. The van der Waals surface area contributed by atoms with Gasteiger partial charge in [0.2, 0.25) is 5.91 Å². The van der Waals surface area contributed by atoms with Gasteiger partial charge in [0.05, 0.1) is 10.8 Å². The molecule has 4 rings (SSSR count). The fraction of sp³-hybridized carbons (Fsp3) is 0.269. The minimum absolute atomic E-state index is 0.108. The molecule has 9 nitrogen and oxygen atoms in total. The Balaban J connectivity index is 1.40. The average molecular weight is 543 g/mol. The van der Waals surface area contributed by atoms with E-state index in [0.29, 0.717) is 41.8 Å². The van der Waals surface area contributed by atoms with E-state index in [-0.39, 0.29) is 18.0 Å². The lowest BCUT2D eigenvalue weighted by Gasteiger charge is -2.33. The Morgan fingerprint density at radius 2 is 1.92 bits per heavy atom. The van der Waals surface area contributed by atoms with Gasteiger partial charge < -0.3 is 15.3 Å². The number of carbonyl (C=O) groups is 2. The van der Waals surface area contributed by atoms with Crippen molar-refractivity contribution in [3.05, 3.63) is 86.5 Å². The van der Waals surface area contributed by atoms with Crippen molar-refractivity contribution in [2.24, 2.45) is 5.92 Å². The fourth-order valence-corrected chi connectivity index (χ4v) is 4.74. The van der Waals surface area contributed by atoms with Crippen molar-refractivity contribution in [2.45, 2.75) is 25.3 Å². The first-order valence-electron chi connectivity index (χ1n) is 11.6. The summed E-state index contributed by atoms with van der Waals surface area (Å²) >= 11 is 12.4. The molecule has 0 bridgehead atoms. The van der Waals surface area contributed by atoms with Crippen LogP contribution in [-0.4, -0.2) is 46.0 Å². The number of halogens is 2. The molecule has 0 radical (unpaired) electrons. The number of carboxylic acids is 1. The number of rotatable bonds is 8. The predicted molar refractivity (Wildman–Crippen MR) is 141 cm³/mol. The summed E-state index contributed by atoms with van der Waals surface area (Å²) < 4.78 is 0. The summed E-state index contributed by atoms with van der Waals surface area (Å²) in [5, 5.41) is 24.4. The fourth-order valence-electron chi connectivity index (χ4n) is 4.34. The number of piperidine rings is 1. The maximum Gasteiger partial charge on any atom is 0.326 e. The van der Waals surface area contributed by atoms with Crippen LogP contribution in [0.3, 0.4) is 0 Å². The molecular weight excluding hydrogens is 519 g/mol. The number of nitrogens with one attached hydrogen (secondary N) is 1. The van der Waals surface area contributed by atoms with E-state index in [0.717, 1.165) is 16.7 Å². The molecule has 2 atom stereocenters. The van der Waals surface area contributed by atoms with Crippen LogP contribution >= 0.6 is 23.2 Å². The van der Waals surface area contributed by atoms with Gasteiger partial charge in [-0.2, -0.15) is 0 Å². The zero-order valence-electron chi connectivity index (χ0n) is 19.6. The first kappa shape index (κ1) is 26.4. The molecule has 0 spiro atoms. The van der Waals surface area contributed by atoms with Crippen molar-refractivity contribution in [1.82, 2.24) is 10.3 Å². The van der Waals surface area contributed by atoms with Crippen molar-refractivity contribution in [2.75, 3.05) is 18.0 Å². The van der Waals surface area contributed by atoms with Crippen molar-refractivity contribution in [1.29, 1.82) is 0 Å². The van der Waals surface area contributed by atoms with Crippen LogP contribution in [0.1, 0.15) is 18.4 Å². The third-order valence-corrected chi connectivity index (χ3v) is 6.87. The van der Waals surface area contributed by atoms with Crippen LogP contribution in [0.25, 0.3) is 11.1 Å². The summed E-state index contributed by atoms with van der Waals surface area (Å²) in [5.74, 6) is -1.36. The van der Waals surface area contributed by atoms with Crippen LogP contribution in [-0.2, 0) is 16.0 Å². The van der Waals surface area contributed by atoms with Crippen LogP contribution in [0, 0.1) is 16.0 Å². The molecule has 11 heteroatoms. The largest absolute Gasteiger partial charge is 0.480 e. The van der Waals surface area contributed by atoms with E-state index in [4.69, 9.17) is 23.2 Å². The number of aromatic nitrogens is 1. The van der Waals surface area contributed by atoms with Gasteiger partial charge in [0.15, 0.2) is 0 Å². The number of amides is 1. The molecule has 1 aliphatic heterocycles. The SMILES string of the molecule is O=C(NC(Cc1ccc(-c2cc(Cl)ccc2Cl)cc1)C(=O)O)C1CCCN(c2ccc([N+](=O)[O-])cn2)C1. The van der Waals surface area contributed by atoms with Gasteiger partial charge in [-0.25, -0.2) is 9.78 Å². The lowest BCUT2D eigenvalue weighted by Crippen LogP contribution is -2.49. The summed E-state index contributed by atoms with van der Waals surface area (Å²) in [7, 11) is 0. The molecule has 0 saturated carbocycles. The molecule has 0 aliphatic carbocycles. The molecule has 2 unspecified atom stereocenters. The van der Waals surface area contributed by atoms with E-state index >= 15 is 0 Å². The van der Waals surface area contributed by atoms with E-state index in [1.807, 2.05) is 17.0 Å². The zero-order valence-corrected chi connectivity index (χ0v) is 21.2. The summed E-state index contributed by atoms with van der Waals surface area (Å²) in [6.45, 7) is 0.998. The molecule has 192 valence electrons. The third kappa shape index (κ3) is 6.55. The quantitative estimate of drug-likeness (QED) is 0.303. The number of pyridine rings is 1. The summed E-state index contributed by atoms with van der Waals surface area (Å²) in [6.07, 6.45) is 2.62. The Kier molecular flexibility index (Phi) is 8.25. The molecule has 2 heterocycles. The van der Waals surface area contributed by atoms with Crippen LogP contribution in [0.15, 0.2) is 60.8 Å². The second-order valence-corrected chi connectivity index (χ2v) is 9.69. The van der Waals surface area contributed by atoms with E-state index in [1.54, 1.807) is 36.4 Å². The molecular formula is C26H24Cl2N4O5. The second kappa shape index (κ2) is 11.6. The predicted octanol–water partition coefficient (Wildman–Crippen LogP) is 4.99. The van der Waals surface area contributed by atoms with Gasteiger partial charge in [0, 0.05) is 41.2 Å². The maximum absolute atomic E-state index is 13.0. The van der Waals surface area contributed by atoms with Crippen LogP contribution in [0.2, 0.25) is 10.0 Å². The number of hydrogen-bond donors (Lipinski definition) is 2. The molecule has 2 N–H and O–H groups in total. The highest BCUT2D eigenvalue weighted by atomic mass is 35.5. The second-order valence-electron chi connectivity index (χ2n) is 8.84. The molecule has 1 fully saturated rings. The van der Waals surface area contributed by atoms with E-state index < -0.39 is 22.9 Å². The first-order chi connectivity index (χ1) is 17.7. The number of nitro groups is 1. The van der Waals surface area contributed by atoms with Crippen molar-refractivity contribution < 1.29 is 19.6 Å². The van der Waals surface area contributed by atoms with Gasteiger partial charge in [0.1, 0.15) is 18.1 Å². The number of nitrogens with zero attached hydrogens (tertiary/aromatic N) is 3. The van der Waals surface area contributed by atoms with Crippen LogP contribution < -0.4 is 10.2 Å². The Labute approximate surface area is 223 Å². The summed E-state index contributed by atoms with van der Waals surface area (Å²) in [6, 6.07) is 14.3. The van der Waals surface area contributed by atoms with Gasteiger partial charge in [-0.1, -0.05) is 47.5 Å². The first-order valence-corrected chi connectivity index (χ1v) is 12.4. The highest BCUT2D eigenvalue weighted by Gasteiger charge is 2.30. The summed E-state index contributed by atoms with van der Waals surface area (Å²) in [4.78, 5) is 41.3. The van der Waals surface area contributed by atoms with Gasteiger partial charge in [-0.05, 0) is 48.2 Å². The van der Waals surface area contributed by atoms with Crippen LogP contribution in [0.5, 0.6) is 0 Å². The number of carboxylic acid groups (broad SMARTS) is 1. The lowest BCUT2D eigenvalue weighted by atomic mass is 9.96. The van der Waals surface area contributed by atoms with E-state index in [9.17, 15) is 24.8 Å². The van der Waals surface area contributed by atoms with E-state index in [2.05, 4.69) is 10.3 Å². The zero-order chi connectivity index (χ0) is 26.5. The molecule has 2 aromatic carbocycles. The number of hydrogen-bond acceptors (Lipinski definition) is 6. The average Bonchev–Trinajstić information content (AvgIpc) is 2.90. The minimum atomic E-state index is -1.12. The molecule has 37 heavy (non-hydrogen) atoms. The van der Waals surface area contributed by atoms with Gasteiger partial charge in [0.25, 0.3) is 5.69 Å². The standard InChI is InChI=1S/C26H24Cl2N4O5/c27-19-7-9-22(28)21(13-19)17-5-3-16(4-6-17)12-23(26(34)35)30-25(33)18-2-1-11-31(15-18)24-10-8-20(14-29-24)32(36)37/h3-10,13-14,18,23H,1-2,11-12,15H2,(H,30,33)(H,34,35). The maximum atomic E-state index is 13.0. The Bertz CT molecular complexity index is 1300. The van der Waals surface area contributed by atoms with Crippen molar-refractivity contribution >= 4 is 46.6 Å². The number of aliphatic carboxylic acids is 1. The molecule has 1 aromatic heterocycles. The number of benzene rings is 2. The summed E-state index contributed by atoms with van der Waals surface area (Å²) in [5.41, 5.74) is 2.25. The Morgan fingerprint density at radius 3 is 2.57 bits per heavy atom. The smallest absolute Gasteiger partial charge is 0.326 e. The topological polar surface area (TPSA) is 126 Å². The molecule has 1 saturated heterocycles.